The molecule has 19 heavy (non-hydrogen) atoms. The molecular weight excluding hydrogens is 279 g/mol. The molecular formula is C12H10F3NO2S. The van der Waals surface area contributed by atoms with Crippen molar-refractivity contribution in [3.63, 3.8) is 0 Å². The number of halogens is 3. The van der Waals surface area contributed by atoms with Gasteiger partial charge < -0.3 is 9.67 Å². The molecule has 3 nitrogen and oxygen atoms in total. The summed E-state index contributed by atoms with van der Waals surface area (Å²) in [4.78, 5) is 11.0. The average molecular weight is 289 g/mol. The maximum Gasteiger partial charge on any atom is 0.441 e. The number of hydrogen-bond acceptors (Lipinski definition) is 2. The van der Waals surface area contributed by atoms with Crippen LogP contribution in [-0.4, -0.2) is 26.9 Å². The summed E-state index contributed by atoms with van der Waals surface area (Å²) in [6.45, 7) is 0.177. The number of rotatable bonds is 4. The van der Waals surface area contributed by atoms with Crippen LogP contribution in [0, 0.1) is 0 Å². The quantitative estimate of drug-likeness (QED) is 0.935. The zero-order chi connectivity index (χ0) is 14.0. The van der Waals surface area contributed by atoms with Crippen LogP contribution >= 0.6 is 11.8 Å². The minimum atomic E-state index is -4.24. The standard InChI is InChI=1S/C12H10F3NO2S/c13-12(14,15)19-7-6-16-5-4-8-9(11(17)18)2-1-3-10(8)16/h1-5H,6-7H2,(H,17,18). The zero-order valence-electron chi connectivity index (χ0n) is 9.65. The molecule has 1 aromatic heterocycles. The van der Waals surface area contributed by atoms with Crippen molar-refractivity contribution in [2.75, 3.05) is 5.75 Å². The predicted molar refractivity (Wildman–Crippen MR) is 67.4 cm³/mol. The van der Waals surface area contributed by atoms with Crippen molar-refractivity contribution in [2.45, 2.75) is 12.1 Å². The molecule has 0 aliphatic rings. The van der Waals surface area contributed by atoms with Crippen molar-refractivity contribution >= 4 is 28.6 Å². The Morgan fingerprint density at radius 2 is 2.05 bits per heavy atom. The Hall–Kier alpha value is -1.63. The zero-order valence-corrected chi connectivity index (χ0v) is 10.5. The fourth-order valence-corrected chi connectivity index (χ4v) is 2.38. The number of aryl methyl sites for hydroxylation is 1. The summed E-state index contributed by atoms with van der Waals surface area (Å²) >= 11 is -0.0863. The molecule has 0 fully saturated rings. The lowest BCUT2D eigenvalue weighted by atomic mass is 10.1. The number of alkyl halides is 3. The van der Waals surface area contributed by atoms with Gasteiger partial charge in [-0.3, -0.25) is 0 Å². The molecule has 7 heteroatoms. The number of carboxylic acid groups (broad SMARTS) is 1. The van der Waals surface area contributed by atoms with Gasteiger partial charge in [0.1, 0.15) is 0 Å². The van der Waals surface area contributed by atoms with Crippen molar-refractivity contribution in [1.29, 1.82) is 0 Å². The van der Waals surface area contributed by atoms with Gasteiger partial charge in [-0.15, -0.1) is 0 Å². The lowest BCUT2D eigenvalue weighted by Crippen LogP contribution is -2.06. The van der Waals surface area contributed by atoms with Crippen LogP contribution in [0.1, 0.15) is 10.4 Å². The minimum absolute atomic E-state index is 0.0863. The number of fused-ring (bicyclic) bond motifs is 1. The highest BCUT2D eigenvalue weighted by atomic mass is 32.2. The molecule has 0 spiro atoms. The third-order valence-corrected chi connectivity index (χ3v) is 3.36. The van der Waals surface area contributed by atoms with Crippen molar-refractivity contribution in [3.05, 3.63) is 36.0 Å². The highest BCUT2D eigenvalue weighted by Crippen LogP contribution is 2.30. The van der Waals surface area contributed by atoms with Gasteiger partial charge in [-0.25, -0.2) is 4.79 Å². The lowest BCUT2D eigenvalue weighted by Gasteiger charge is -2.08. The van der Waals surface area contributed by atoms with Gasteiger partial charge in [-0.05, 0) is 30.0 Å². The molecule has 1 N–H and O–H groups in total. The first kappa shape index (κ1) is 13.8. The van der Waals surface area contributed by atoms with Crippen LogP contribution in [0.25, 0.3) is 10.9 Å². The molecule has 0 amide bonds. The monoisotopic (exact) mass is 289 g/mol. The molecule has 0 radical (unpaired) electrons. The Balaban J connectivity index is 2.22. The molecule has 1 aromatic carbocycles. The molecule has 0 saturated heterocycles. The summed E-state index contributed by atoms with van der Waals surface area (Å²) in [5.41, 5.74) is -3.46. The maximum atomic E-state index is 12.0. The topological polar surface area (TPSA) is 42.2 Å². The van der Waals surface area contributed by atoms with Crippen LogP contribution in [0.2, 0.25) is 0 Å². The Bertz CT molecular complexity index is 607. The first-order valence-corrected chi connectivity index (χ1v) is 6.39. The Morgan fingerprint density at radius 3 is 2.68 bits per heavy atom. The van der Waals surface area contributed by atoms with Gasteiger partial charge in [0.25, 0.3) is 0 Å². The van der Waals surface area contributed by atoms with E-state index in [2.05, 4.69) is 0 Å². The van der Waals surface area contributed by atoms with E-state index in [0.29, 0.717) is 10.9 Å². The van der Waals surface area contributed by atoms with E-state index in [4.69, 9.17) is 5.11 Å². The van der Waals surface area contributed by atoms with E-state index in [1.807, 2.05) is 0 Å². The molecule has 0 aliphatic heterocycles. The van der Waals surface area contributed by atoms with Crippen molar-refractivity contribution in [1.82, 2.24) is 4.57 Å². The molecule has 0 atom stereocenters. The van der Waals surface area contributed by atoms with E-state index in [0.717, 1.165) is 0 Å². The Morgan fingerprint density at radius 1 is 1.32 bits per heavy atom. The van der Waals surface area contributed by atoms with E-state index in [1.165, 1.54) is 6.07 Å². The molecule has 1 heterocycles. The summed E-state index contributed by atoms with van der Waals surface area (Å²) < 4.78 is 37.8. The second-order valence-electron chi connectivity index (χ2n) is 3.85. The maximum absolute atomic E-state index is 12.0. The van der Waals surface area contributed by atoms with Crippen LogP contribution in [-0.2, 0) is 6.54 Å². The van der Waals surface area contributed by atoms with Crippen LogP contribution < -0.4 is 0 Å². The normalized spacial score (nSPS) is 11.9. The van der Waals surface area contributed by atoms with Gasteiger partial charge in [0, 0.05) is 29.4 Å². The average Bonchev–Trinajstić information content (AvgIpc) is 2.70. The summed E-state index contributed by atoms with van der Waals surface area (Å²) in [5, 5.41) is 9.55. The second kappa shape index (κ2) is 5.16. The SMILES string of the molecule is O=C(O)c1cccc2c1ccn2CCSC(F)(F)F. The first-order valence-electron chi connectivity index (χ1n) is 5.40. The Labute approximate surface area is 111 Å². The van der Waals surface area contributed by atoms with Gasteiger partial charge in [-0.2, -0.15) is 13.2 Å². The first-order chi connectivity index (χ1) is 8.88. The van der Waals surface area contributed by atoms with Gasteiger partial charge in [0.05, 0.1) is 5.56 Å². The highest BCUT2D eigenvalue weighted by Gasteiger charge is 2.27. The number of hydrogen-bond donors (Lipinski definition) is 1. The van der Waals surface area contributed by atoms with Crippen molar-refractivity contribution < 1.29 is 23.1 Å². The molecule has 2 rings (SSSR count). The highest BCUT2D eigenvalue weighted by molar-refractivity contribution is 8.00. The van der Waals surface area contributed by atoms with Crippen LogP contribution in [0.4, 0.5) is 13.2 Å². The van der Waals surface area contributed by atoms with E-state index >= 15 is 0 Å². The molecule has 0 aliphatic carbocycles. The third kappa shape index (κ3) is 3.23. The van der Waals surface area contributed by atoms with Crippen LogP contribution in [0.15, 0.2) is 30.5 Å². The lowest BCUT2D eigenvalue weighted by molar-refractivity contribution is -0.0328. The number of aromatic nitrogens is 1. The number of aromatic carboxylic acids is 1. The number of thioether (sulfide) groups is 1. The minimum Gasteiger partial charge on any atom is -0.478 e. The number of nitrogens with zero attached hydrogens (tertiary/aromatic N) is 1. The second-order valence-corrected chi connectivity index (χ2v) is 5.01. The van der Waals surface area contributed by atoms with Gasteiger partial charge in [0.2, 0.25) is 0 Å². The van der Waals surface area contributed by atoms with Crippen molar-refractivity contribution in [2.24, 2.45) is 0 Å². The summed E-state index contributed by atoms with van der Waals surface area (Å²) in [7, 11) is 0. The molecule has 0 bridgehead atoms. The largest absolute Gasteiger partial charge is 0.478 e. The molecule has 102 valence electrons. The fraction of sp³-hybridized carbons (Fsp3) is 0.250. The van der Waals surface area contributed by atoms with Crippen LogP contribution in [0.5, 0.6) is 0 Å². The van der Waals surface area contributed by atoms with E-state index in [-0.39, 0.29) is 29.6 Å². The summed E-state index contributed by atoms with van der Waals surface area (Å²) in [6, 6.07) is 6.36. The predicted octanol–water partition coefficient (Wildman–Crippen LogP) is 3.59. The van der Waals surface area contributed by atoms with Gasteiger partial charge >= 0.3 is 11.5 Å². The fourth-order valence-electron chi connectivity index (χ4n) is 1.86. The van der Waals surface area contributed by atoms with Crippen molar-refractivity contribution in [3.8, 4) is 0 Å². The van der Waals surface area contributed by atoms with E-state index in [1.54, 1.807) is 29.0 Å². The Kier molecular flexibility index (Phi) is 3.75. The van der Waals surface area contributed by atoms with Crippen LogP contribution in [0.3, 0.4) is 0 Å². The summed E-state index contributed by atoms with van der Waals surface area (Å²) in [5.74, 6) is -1.15. The molecule has 2 aromatic rings. The van der Waals surface area contributed by atoms with Gasteiger partial charge in [0.15, 0.2) is 0 Å². The molecule has 0 unspecified atom stereocenters. The molecule has 0 saturated carbocycles. The number of carbonyl (C=O) groups is 1. The smallest absolute Gasteiger partial charge is 0.441 e. The third-order valence-electron chi connectivity index (χ3n) is 2.64. The van der Waals surface area contributed by atoms with Gasteiger partial charge in [-0.1, -0.05) is 6.07 Å². The summed E-state index contributed by atoms with van der Waals surface area (Å²) in [6.07, 6.45) is 1.61. The number of benzene rings is 1. The van der Waals surface area contributed by atoms with E-state index in [9.17, 15) is 18.0 Å². The number of carboxylic acids is 1. The van der Waals surface area contributed by atoms with E-state index < -0.39 is 11.5 Å².